The van der Waals surface area contributed by atoms with Gasteiger partial charge in [0.05, 0.1) is 6.04 Å². The van der Waals surface area contributed by atoms with Crippen molar-refractivity contribution in [1.82, 2.24) is 10.2 Å². The number of piperidine rings is 2. The molecule has 0 saturated carbocycles. The van der Waals surface area contributed by atoms with Crippen LogP contribution in [0, 0.1) is 5.92 Å². The van der Waals surface area contributed by atoms with Gasteiger partial charge in [0.1, 0.15) is 5.75 Å². The van der Waals surface area contributed by atoms with Crippen molar-refractivity contribution in [2.75, 3.05) is 38.1 Å². The third-order valence-electron chi connectivity index (χ3n) is 5.68. The van der Waals surface area contributed by atoms with Gasteiger partial charge >= 0.3 is 6.61 Å². The maximum atomic E-state index is 13.1. The summed E-state index contributed by atoms with van der Waals surface area (Å²) >= 11 is 0. The average Bonchev–Trinajstić information content (AvgIpc) is 2.67. The van der Waals surface area contributed by atoms with Gasteiger partial charge in [-0.15, -0.1) is 0 Å². The lowest BCUT2D eigenvalue weighted by molar-refractivity contribution is -0.126. The molecule has 2 aliphatic heterocycles. The molecule has 3 rings (SSSR count). The van der Waals surface area contributed by atoms with Gasteiger partial charge in [-0.3, -0.25) is 9.69 Å². The molecule has 0 spiro atoms. The first-order chi connectivity index (χ1) is 13.1. The minimum Gasteiger partial charge on any atom is -0.435 e. The Morgan fingerprint density at radius 2 is 1.85 bits per heavy atom. The lowest BCUT2D eigenvalue weighted by Gasteiger charge is -2.41. The normalized spacial score (nSPS) is 22.4. The second kappa shape index (κ2) is 9.46. The van der Waals surface area contributed by atoms with Crippen molar-refractivity contribution in [3.63, 3.8) is 0 Å². The second-order valence-corrected chi connectivity index (χ2v) is 7.39. The van der Waals surface area contributed by atoms with Crippen molar-refractivity contribution in [1.29, 1.82) is 0 Å². The molecule has 27 heavy (non-hydrogen) atoms. The van der Waals surface area contributed by atoms with Crippen LogP contribution in [0.2, 0.25) is 0 Å². The first-order valence-corrected chi connectivity index (χ1v) is 9.83. The van der Waals surface area contributed by atoms with Crippen LogP contribution >= 0.6 is 0 Å². The molecule has 0 bridgehead atoms. The lowest BCUT2D eigenvalue weighted by Crippen LogP contribution is -2.54. The summed E-state index contributed by atoms with van der Waals surface area (Å²) in [5.74, 6) is 0.974. The van der Waals surface area contributed by atoms with Gasteiger partial charge in [-0.25, -0.2) is 0 Å². The fourth-order valence-electron chi connectivity index (χ4n) is 4.16. The molecule has 0 aliphatic carbocycles. The number of rotatable bonds is 7. The van der Waals surface area contributed by atoms with Crippen molar-refractivity contribution in [3.8, 4) is 5.75 Å². The van der Waals surface area contributed by atoms with E-state index in [1.54, 1.807) is 17.0 Å². The number of anilines is 1. The molecular formula is C20H29F2N3O2. The van der Waals surface area contributed by atoms with E-state index < -0.39 is 6.61 Å². The van der Waals surface area contributed by atoms with Crippen molar-refractivity contribution in [2.45, 2.75) is 44.8 Å². The Kier molecular flexibility index (Phi) is 7.01. The molecule has 2 heterocycles. The quantitative estimate of drug-likeness (QED) is 0.788. The molecule has 1 amide bonds. The number of alkyl halides is 2. The molecule has 1 atom stereocenters. The van der Waals surface area contributed by atoms with Crippen LogP contribution in [0.15, 0.2) is 24.3 Å². The summed E-state index contributed by atoms with van der Waals surface area (Å²) in [6, 6.07) is 6.28. The van der Waals surface area contributed by atoms with Crippen molar-refractivity contribution in [2.24, 2.45) is 5.92 Å². The Hall–Kier alpha value is -1.73. The Morgan fingerprint density at radius 1 is 1.15 bits per heavy atom. The molecule has 2 aliphatic rings. The number of halogens is 2. The van der Waals surface area contributed by atoms with E-state index in [0.717, 1.165) is 56.9 Å². The maximum absolute atomic E-state index is 13.1. The molecule has 1 aromatic carbocycles. The fraction of sp³-hybridized carbons (Fsp3) is 0.650. The number of benzene rings is 1. The summed E-state index contributed by atoms with van der Waals surface area (Å²) in [5.41, 5.74) is 0.746. The van der Waals surface area contributed by atoms with E-state index >= 15 is 0 Å². The Morgan fingerprint density at radius 3 is 2.48 bits per heavy atom. The monoisotopic (exact) mass is 381 g/mol. The van der Waals surface area contributed by atoms with Crippen molar-refractivity contribution >= 4 is 11.6 Å². The summed E-state index contributed by atoms with van der Waals surface area (Å²) in [5, 5.41) is 3.21. The van der Waals surface area contributed by atoms with E-state index in [1.165, 1.54) is 18.6 Å². The van der Waals surface area contributed by atoms with E-state index in [2.05, 4.69) is 15.0 Å². The lowest BCUT2D eigenvalue weighted by atomic mass is 9.91. The van der Waals surface area contributed by atoms with Crippen molar-refractivity contribution in [3.05, 3.63) is 24.3 Å². The van der Waals surface area contributed by atoms with Gasteiger partial charge < -0.3 is 15.0 Å². The van der Waals surface area contributed by atoms with Gasteiger partial charge in [-0.2, -0.15) is 8.78 Å². The molecule has 1 N–H and O–H groups in total. The molecule has 2 fully saturated rings. The van der Waals surface area contributed by atoms with Gasteiger partial charge in [0.2, 0.25) is 5.91 Å². The summed E-state index contributed by atoms with van der Waals surface area (Å²) in [7, 11) is 1.98. The molecule has 2 saturated heterocycles. The number of carbonyl (C=O) groups excluding carboxylic acids is 1. The maximum Gasteiger partial charge on any atom is 0.387 e. The second-order valence-electron chi connectivity index (χ2n) is 7.39. The number of hydrogen-bond donors (Lipinski definition) is 1. The number of ether oxygens (including phenoxy) is 1. The highest BCUT2D eigenvalue weighted by molar-refractivity contribution is 5.98. The SMILES string of the molecule is CNCCC1CCN(C2CCCN(c3ccc(OC(F)F)cc3)C2=O)CC1. The third-order valence-corrected chi connectivity index (χ3v) is 5.68. The highest BCUT2D eigenvalue weighted by Gasteiger charge is 2.35. The number of amides is 1. The Labute approximate surface area is 159 Å². The molecule has 1 unspecified atom stereocenters. The van der Waals surface area contributed by atoms with Crippen LogP contribution in [0.3, 0.4) is 0 Å². The van der Waals surface area contributed by atoms with Crippen LogP contribution in [-0.2, 0) is 4.79 Å². The average molecular weight is 381 g/mol. The molecular weight excluding hydrogens is 352 g/mol. The number of likely N-dealkylation sites (tertiary alicyclic amines) is 1. The van der Waals surface area contributed by atoms with Crippen LogP contribution in [0.5, 0.6) is 5.75 Å². The number of hydrogen-bond acceptors (Lipinski definition) is 4. The predicted octanol–water partition coefficient (Wildman–Crippen LogP) is 3.10. The Balaban J connectivity index is 1.59. The number of nitrogens with one attached hydrogen (secondary N) is 1. The minimum atomic E-state index is -2.84. The summed E-state index contributed by atoms with van der Waals surface area (Å²) in [4.78, 5) is 17.2. The van der Waals surface area contributed by atoms with Crippen LogP contribution in [-0.4, -0.2) is 56.7 Å². The first-order valence-electron chi connectivity index (χ1n) is 9.83. The van der Waals surface area contributed by atoms with Crippen LogP contribution in [0.1, 0.15) is 32.1 Å². The summed E-state index contributed by atoms with van der Waals surface area (Å²) < 4.78 is 29.0. The fourth-order valence-corrected chi connectivity index (χ4v) is 4.16. The van der Waals surface area contributed by atoms with Crippen LogP contribution in [0.4, 0.5) is 14.5 Å². The smallest absolute Gasteiger partial charge is 0.387 e. The van der Waals surface area contributed by atoms with E-state index in [1.807, 2.05) is 7.05 Å². The zero-order chi connectivity index (χ0) is 19.2. The molecule has 7 heteroatoms. The van der Waals surface area contributed by atoms with Gasteiger partial charge in [-0.1, -0.05) is 0 Å². The van der Waals surface area contributed by atoms with E-state index in [0.29, 0.717) is 6.54 Å². The Bertz CT molecular complexity index is 604. The van der Waals surface area contributed by atoms with Crippen molar-refractivity contribution < 1.29 is 18.3 Å². The van der Waals surface area contributed by atoms with Crippen LogP contribution in [0.25, 0.3) is 0 Å². The van der Waals surface area contributed by atoms with Gasteiger partial charge in [0.25, 0.3) is 0 Å². The number of nitrogens with zero attached hydrogens (tertiary/aromatic N) is 2. The molecule has 150 valence electrons. The topological polar surface area (TPSA) is 44.8 Å². The zero-order valence-corrected chi connectivity index (χ0v) is 15.9. The van der Waals surface area contributed by atoms with E-state index in [4.69, 9.17) is 0 Å². The van der Waals surface area contributed by atoms with E-state index in [9.17, 15) is 13.6 Å². The van der Waals surface area contributed by atoms with E-state index in [-0.39, 0.29) is 17.7 Å². The number of carbonyl (C=O) groups is 1. The third kappa shape index (κ3) is 5.17. The standard InChI is InChI=1S/C20H29F2N3O2/c1-23-11-8-15-9-13-24(14-10-15)18-3-2-12-25(19(18)26)16-4-6-17(7-5-16)27-20(21)22/h4-7,15,18,20,23H,2-3,8-14H2,1H3. The predicted molar refractivity (Wildman–Crippen MR) is 101 cm³/mol. The van der Waals surface area contributed by atoms with Gasteiger partial charge in [0.15, 0.2) is 0 Å². The summed E-state index contributed by atoms with van der Waals surface area (Å²) in [6.45, 7) is 0.821. The zero-order valence-electron chi connectivity index (χ0n) is 15.9. The molecule has 0 aromatic heterocycles. The largest absolute Gasteiger partial charge is 0.435 e. The first kappa shape index (κ1) is 20.0. The summed E-state index contributed by atoms with van der Waals surface area (Å²) in [6.07, 6.45) is 5.33. The molecule has 5 nitrogen and oxygen atoms in total. The molecule has 0 radical (unpaired) electrons. The van der Waals surface area contributed by atoms with Gasteiger partial charge in [-0.05, 0) is 89.0 Å². The molecule has 1 aromatic rings. The highest BCUT2D eigenvalue weighted by atomic mass is 19.3. The minimum absolute atomic E-state index is 0.0685. The van der Waals surface area contributed by atoms with Gasteiger partial charge in [0, 0.05) is 12.2 Å². The highest BCUT2D eigenvalue weighted by Crippen LogP contribution is 2.29. The van der Waals surface area contributed by atoms with Crippen LogP contribution < -0.4 is 15.0 Å².